The number of rotatable bonds is 5. The number of benzene rings is 1. The SMILES string of the molecule is COC(=O)c1c(NC(=O)CSc2nc3ccccc3c(=O)n2C)sc2c1CCCCC2. The van der Waals surface area contributed by atoms with E-state index in [0.717, 1.165) is 42.5 Å². The Labute approximate surface area is 187 Å². The predicted molar refractivity (Wildman–Crippen MR) is 123 cm³/mol. The fourth-order valence-corrected chi connectivity index (χ4v) is 5.83. The normalized spacial score (nSPS) is 13.5. The highest BCUT2D eigenvalue weighted by molar-refractivity contribution is 7.99. The molecule has 4 rings (SSSR count). The molecule has 2 aromatic heterocycles. The summed E-state index contributed by atoms with van der Waals surface area (Å²) in [6, 6.07) is 7.14. The van der Waals surface area contributed by atoms with Gasteiger partial charge in [-0.05, 0) is 43.4 Å². The Morgan fingerprint density at radius 1 is 1.23 bits per heavy atom. The summed E-state index contributed by atoms with van der Waals surface area (Å²) in [6.45, 7) is 0. The molecule has 7 nitrogen and oxygen atoms in total. The second-order valence-corrected chi connectivity index (χ2v) is 9.42. The second-order valence-electron chi connectivity index (χ2n) is 7.37. The standard InChI is InChI=1S/C22H23N3O4S2/c1-25-20(27)13-8-6-7-10-15(13)23-22(25)30-12-17(26)24-19-18(21(28)29-2)14-9-4-3-5-11-16(14)31-19/h6-8,10H,3-5,9,11-12H2,1-2H3,(H,24,26). The van der Waals surface area contributed by atoms with Gasteiger partial charge in [-0.3, -0.25) is 14.2 Å². The van der Waals surface area contributed by atoms with Crippen LogP contribution in [-0.4, -0.2) is 34.3 Å². The number of hydrogen-bond donors (Lipinski definition) is 1. The first-order chi connectivity index (χ1) is 15.0. The first-order valence-electron chi connectivity index (χ1n) is 10.1. The van der Waals surface area contributed by atoms with E-state index in [1.54, 1.807) is 25.2 Å². The third-order valence-corrected chi connectivity index (χ3v) is 7.58. The van der Waals surface area contributed by atoms with Crippen molar-refractivity contribution >= 4 is 50.9 Å². The number of hydrogen-bond acceptors (Lipinski definition) is 7. The van der Waals surface area contributed by atoms with Crippen LogP contribution in [0.4, 0.5) is 5.00 Å². The monoisotopic (exact) mass is 457 g/mol. The Morgan fingerprint density at radius 3 is 2.81 bits per heavy atom. The molecule has 1 N–H and O–H groups in total. The van der Waals surface area contributed by atoms with Crippen molar-refractivity contribution in [3.63, 3.8) is 0 Å². The second kappa shape index (κ2) is 9.23. The fourth-order valence-electron chi connectivity index (χ4n) is 3.77. The molecule has 0 unspecified atom stereocenters. The number of aromatic nitrogens is 2. The average Bonchev–Trinajstić information content (AvgIpc) is 2.94. The molecule has 0 atom stereocenters. The quantitative estimate of drug-likeness (QED) is 0.271. The van der Waals surface area contributed by atoms with Crippen molar-refractivity contribution in [2.75, 3.05) is 18.2 Å². The molecular weight excluding hydrogens is 434 g/mol. The molecule has 162 valence electrons. The molecule has 3 aromatic rings. The Bertz CT molecular complexity index is 1220. The maximum absolute atomic E-state index is 12.7. The van der Waals surface area contributed by atoms with Gasteiger partial charge in [-0.1, -0.05) is 30.3 Å². The molecule has 1 amide bonds. The largest absolute Gasteiger partial charge is 0.465 e. The first-order valence-corrected chi connectivity index (χ1v) is 11.9. The van der Waals surface area contributed by atoms with E-state index < -0.39 is 5.97 Å². The molecule has 1 aliphatic carbocycles. The Hall–Kier alpha value is -2.65. The number of aryl methyl sites for hydroxylation is 1. The number of thiophene rings is 1. The maximum Gasteiger partial charge on any atom is 0.341 e. The minimum Gasteiger partial charge on any atom is -0.465 e. The lowest BCUT2D eigenvalue weighted by molar-refractivity contribution is -0.113. The molecule has 0 bridgehead atoms. The highest BCUT2D eigenvalue weighted by Crippen LogP contribution is 2.38. The smallest absolute Gasteiger partial charge is 0.341 e. The van der Waals surface area contributed by atoms with E-state index in [1.165, 1.54) is 34.8 Å². The predicted octanol–water partition coefficient (Wildman–Crippen LogP) is 3.78. The van der Waals surface area contributed by atoms with Gasteiger partial charge in [0, 0.05) is 11.9 Å². The van der Waals surface area contributed by atoms with Crippen LogP contribution in [0.15, 0.2) is 34.2 Å². The average molecular weight is 458 g/mol. The van der Waals surface area contributed by atoms with Crippen LogP contribution in [0.1, 0.15) is 40.1 Å². The van der Waals surface area contributed by atoms with Crippen molar-refractivity contribution in [2.45, 2.75) is 37.3 Å². The van der Waals surface area contributed by atoms with E-state index in [1.807, 2.05) is 6.07 Å². The zero-order valence-electron chi connectivity index (χ0n) is 17.4. The number of thioether (sulfide) groups is 1. The van der Waals surface area contributed by atoms with Crippen LogP contribution in [0.3, 0.4) is 0 Å². The number of fused-ring (bicyclic) bond motifs is 2. The van der Waals surface area contributed by atoms with Crippen LogP contribution in [0.2, 0.25) is 0 Å². The van der Waals surface area contributed by atoms with Gasteiger partial charge < -0.3 is 10.1 Å². The zero-order chi connectivity index (χ0) is 22.0. The molecular formula is C22H23N3O4S2. The number of amides is 1. The van der Waals surface area contributed by atoms with Gasteiger partial charge in [0.05, 0.1) is 29.3 Å². The van der Waals surface area contributed by atoms with Crippen LogP contribution >= 0.6 is 23.1 Å². The van der Waals surface area contributed by atoms with E-state index in [4.69, 9.17) is 4.74 Å². The summed E-state index contributed by atoms with van der Waals surface area (Å²) in [7, 11) is 3.00. The first kappa shape index (κ1) is 21.6. The lowest BCUT2D eigenvalue weighted by atomic mass is 10.1. The Kier molecular flexibility index (Phi) is 6.43. The number of esters is 1. The van der Waals surface area contributed by atoms with Gasteiger partial charge in [-0.25, -0.2) is 9.78 Å². The van der Waals surface area contributed by atoms with Gasteiger partial charge in [0.2, 0.25) is 5.91 Å². The molecule has 0 fully saturated rings. The molecule has 0 radical (unpaired) electrons. The summed E-state index contributed by atoms with van der Waals surface area (Å²) in [5, 5.41) is 4.44. The van der Waals surface area contributed by atoms with E-state index >= 15 is 0 Å². The number of para-hydroxylation sites is 1. The van der Waals surface area contributed by atoms with E-state index in [2.05, 4.69) is 10.3 Å². The minimum atomic E-state index is -0.416. The molecule has 0 aliphatic heterocycles. The summed E-state index contributed by atoms with van der Waals surface area (Å²) in [5.41, 5.74) is 1.95. The number of anilines is 1. The van der Waals surface area contributed by atoms with Gasteiger partial charge in [0.15, 0.2) is 5.16 Å². The van der Waals surface area contributed by atoms with Gasteiger partial charge in [-0.2, -0.15) is 0 Å². The Balaban J connectivity index is 1.53. The van der Waals surface area contributed by atoms with Crippen molar-refractivity contribution in [1.82, 2.24) is 9.55 Å². The van der Waals surface area contributed by atoms with Crippen molar-refractivity contribution in [3.8, 4) is 0 Å². The minimum absolute atomic E-state index is 0.0712. The number of nitrogens with zero attached hydrogens (tertiary/aromatic N) is 2. The van der Waals surface area contributed by atoms with Crippen LogP contribution < -0.4 is 10.9 Å². The molecule has 0 saturated carbocycles. The van der Waals surface area contributed by atoms with E-state index in [-0.39, 0.29) is 17.2 Å². The fraction of sp³-hybridized carbons (Fsp3) is 0.364. The van der Waals surface area contributed by atoms with Crippen LogP contribution in [0.25, 0.3) is 10.9 Å². The van der Waals surface area contributed by atoms with Crippen molar-refractivity contribution in [1.29, 1.82) is 0 Å². The molecule has 0 saturated heterocycles. The number of ether oxygens (including phenoxy) is 1. The third-order valence-electron chi connectivity index (χ3n) is 5.34. The molecule has 1 aliphatic rings. The molecule has 9 heteroatoms. The summed E-state index contributed by atoms with van der Waals surface area (Å²) in [6.07, 6.45) is 4.98. The van der Waals surface area contributed by atoms with Crippen LogP contribution in [-0.2, 0) is 29.4 Å². The highest BCUT2D eigenvalue weighted by atomic mass is 32.2. The highest BCUT2D eigenvalue weighted by Gasteiger charge is 2.26. The van der Waals surface area contributed by atoms with E-state index in [9.17, 15) is 14.4 Å². The maximum atomic E-state index is 12.7. The van der Waals surface area contributed by atoms with Crippen LogP contribution in [0, 0.1) is 0 Å². The molecule has 0 spiro atoms. The summed E-state index contributed by atoms with van der Waals surface area (Å²) in [4.78, 5) is 43.3. The molecule has 2 heterocycles. The number of carbonyl (C=O) groups is 2. The van der Waals surface area contributed by atoms with E-state index in [0.29, 0.717) is 26.6 Å². The summed E-state index contributed by atoms with van der Waals surface area (Å²) >= 11 is 2.65. The molecule has 1 aromatic carbocycles. The summed E-state index contributed by atoms with van der Waals surface area (Å²) in [5.74, 6) is -0.600. The van der Waals surface area contributed by atoms with Crippen LogP contribution in [0.5, 0.6) is 0 Å². The number of methoxy groups -OCH3 is 1. The number of nitrogens with one attached hydrogen (secondary N) is 1. The number of carbonyl (C=O) groups excluding carboxylic acids is 2. The van der Waals surface area contributed by atoms with Crippen molar-refractivity contribution in [2.24, 2.45) is 7.05 Å². The molecule has 31 heavy (non-hydrogen) atoms. The topological polar surface area (TPSA) is 90.3 Å². The Morgan fingerprint density at radius 2 is 2.00 bits per heavy atom. The summed E-state index contributed by atoms with van der Waals surface area (Å²) < 4.78 is 6.44. The van der Waals surface area contributed by atoms with Crippen molar-refractivity contribution < 1.29 is 14.3 Å². The van der Waals surface area contributed by atoms with Gasteiger partial charge in [0.25, 0.3) is 5.56 Å². The van der Waals surface area contributed by atoms with Gasteiger partial charge in [0.1, 0.15) is 5.00 Å². The van der Waals surface area contributed by atoms with Gasteiger partial charge >= 0.3 is 5.97 Å². The lowest BCUT2D eigenvalue weighted by Gasteiger charge is -2.09. The van der Waals surface area contributed by atoms with Crippen molar-refractivity contribution in [3.05, 3.63) is 50.6 Å². The lowest BCUT2D eigenvalue weighted by Crippen LogP contribution is -2.21. The third kappa shape index (κ3) is 4.38. The zero-order valence-corrected chi connectivity index (χ0v) is 19.0. The van der Waals surface area contributed by atoms with Gasteiger partial charge in [-0.15, -0.1) is 11.3 Å².